The standard InChI is InChI=1S/C15H14BrFN2S/c1-2-19(12-6-4-11(17)5-7-12)14-9-10(16)3-8-13(14)15(18)20/h3-9H,2H2,1H3,(H2,18,20). The molecule has 0 bridgehead atoms. The first-order chi connectivity index (χ1) is 9.52. The lowest BCUT2D eigenvalue weighted by Gasteiger charge is -2.26. The minimum Gasteiger partial charge on any atom is -0.389 e. The molecule has 2 aromatic carbocycles. The van der Waals surface area contributed by atoms with Crippen LogP contribution in [-0.2, 0) is 0 Å². The van der Waals surface area contributed by atoms with Crippen molar-refractivity contribution in [1.82, 2.24) is 0 Å². The number of halogens is 2. The van der Waals surface area contributed by atoms with Crippen molar-refractivity contribution < 1.29 is 4.39 Å². The zero-order chi connectivity index (χ0) is 14.7. The zero-order valence-corrected chi connectivity index (χ0v) is 13.3. The molecule has 0 heterocycles. The molecule has 0 radical (unpaired) electrons. The first-order valence-electron chi connectivity index (χ1n) is 6.15. The van der Waals surface area contributed by atoms with Crippen molar-refractivity contribution in [2.24, 2.45) is 5.73 Å². The summed E-state index contributed by atoms with van der Waals surface area (Å²) in [5.41, 5.74) is 8.39. The van der Waals surface area contributed by atoms with Crippen LogP contribution >= 0.6 is 28.1 Å². The predicted octanol–water partition coefficient (Wildman–Crippen LogP) is 4.38. The topological polar surface area (TPSA) is 29.3 Å². The molecule has 2 rings (SSSR count). The van der Waals surface area contributed by atoms with E-state index in [0.717, 1.165) is 28.0 Å². The van der Waals surface area contributed by atoms with Crippen LogP contribution in [0.1, 0.15) is 12.5 Å². The van der Waals surface area contributed by atoms with Gasteiger partial charge in [-0.25, -0.2) is 4.39 Å². The van der Waals surface area contributed by atoms with E-state index >= 15 is 0 Å². The lowest BCUT2D eigenvalue weighted by atomic mass is 10.1. The zero-order valence-electron chi connectivity index (χ0n) is 10.9. The molecule has 2 N–H and O–H groups in total. The molecule has 0 amide bonds. The predicted molar refractivity (Wildman–Crippen MR) is 89.1 cm³/mol. The largest absolute Gasteiger partial charge is 0.389 e. The van der Waals surface area contributed by atoms with Gasteiger partial charge in [-0.3, -0.25) is 0 Å². The Kier molecular flexibility index (Phi) is 4.73. The summed E-state index contributed by atoms with van der Waals surface area (Å²) in [5, 5.41) is 0. The number of anilines is 2. The fourth-order valence-electron chi connectivity index (χ4n) is 2.05. The maximum absolute atomic E-state index is 13.1. The van der Waals surface area contributed by atoms with E-state index in [-0.39, 0.29) is 5.82 Å². The van der Waals surface area contributed by atoms with Crippen LogP contribution in [0, 0.1) is 5.82 Å². The van der Waals surface area contributed by atoms with Crippen molar-refractivity contribution in [3.05, 3.63) is 58.3 Å². The number of thiocarbonyl (C=S) groups is 1. The van der Waals surface area contributed by atoms with Crippen LogP contribution in [-0.4, -0.2) is 11.5 Å². The number of hydrogen-bond donors (Lipinski definition) is 1. The number of nitrogens with two attached hydrogens (primary N) is 1. The number of nitrogens with zero attached hydrogens (tertiary/aromatic N) is 1. The highest BCUT2D eigenvalue weighted by molar-refractivity contribution is 9.10. The molecule has 0 aliphatic heterocycles. The number of rotatable bonds is 4. The Morgan fingerprint density at radius 3 is 2.45 bits per heavy atom. The lowest BCUT2D eigenvalue weighted by molar-refractivity contribution is 0.628. The molecule has 104 valence electrons. The van der Waals surface area contributed by atoms with E-state index in [4.69, 9.17) is 18.0 Å². The molecule has 0 aliphatic carbocycles. The average Bonchev–Trinajstić information content (AvgIpc) is 2.41. The molecular weight excluding hydrogens is 339 g/mol. The van der Waals surface area contributed by atoms with Crippen LogP contribution in [0.4, 0.5) is 15.8 Å². The van der Waals surface area contributed by atoms with Crippen LogP contribution in [0.3, 0.4) is 0 Å². The summed E-state index contributed by atoms with van der Waals surface area (Å²) < 4.78 is 14.0. The Labute approximate surface area is 131 Å². The van der Waals surface area contributed by atoms with Gasteiger partial charge in [0.2, 0.25) is 0 Å². The highest BCUT2D eigenvalue weighted by Crippen LogP contribution is 2.31. The Hall–Kier alpha value is -1.46. The van der Waals surface area contributed by atoms with E-state index in [0.29, 0.717) is 4.99 Å². The fraction of sp³-hybridized carbons (Fsp3) is 0.133. The Morgan fingerprint density at radius 2 is 1.90 bits per heavy atom. The van der Waals surface area contributed by atoms with Crippen molar-refractivity contribution in [2.45, 2.75) is 6.92 Å². The van der Waals surface area contributed by atoms with Gasteiger partial charge in [0.1, 0.15) is 10.8 Å². The summed E-state index contributed by atoms with van der Waals surface area (Å²) >= 11 is 8.56. The Bertz CT molecular complexity index is 628. The third-order valence-electron chi connectivity index (χ3n) is 2.97. The third-order valence-corrected chi connectivity index (χ3v) is 3.68. The second-order valence-corrected chi connectivity index (χ2v) is 5.60. The van der Waals surface area contributed by atoms with Crippen molar-refractivity contribution in [3.63, 3.8) is 0 Å². The number of hydrogen-bond acceptors (Lipinski definition) is 2. The summed E-state index contributed by atoms with van der Waals surface area (Å²) in [6.07, 6.45) is 0. The summed E-state index contributed by atoms with van der Waals surface area (Å²) in [5.74, 6) is -0.256. The van der Waals surface area contributed by atoms with Crippen LogP contribution in [0.2, 0.25) is 0 Å². The molecular formula is C15H14BrFN2S. The van der Waals surface area contributed by atoms with E-state index < -0.39 is 0 Å². The van der Waals surface area contributed by atoms with E-state index in [1.165, 1.54) is 12.1 Å². The van der Waals surface area contributed by atoms with Gasteiger partial charge >= 0.3 is 0 Å². The Morgan fingerprint density at radius 1 is 1.25 bits per heavy atom. The first kappa shape index (κ1) is 14.9. The van der Waals surface area contributed by atoms with Crippen molar-refractivity contribution in [3.8, 4) is 0 Å². The van der Waals surface area contributed by atoms with E-state index in [2.05, 4.69) is 15.9 Å². The van der Waals surface area contributed by atoms with Gasteiger partial charge in [0.05, 0.1) is 5.69 Å². The van der Waals surface area contributed by atoms with Gasteiger partial charge in [-0.1, -0.05) is 28.1 Å². The lowest BCUT2D eigenvalue weighted by Crippen LogP contribution is -2.21. The van der Waals surface area contributed by atoms with Gasteiger partial charge < -0.3 is 10.6 Å². The molecule has 0 unspecified atom stereocenters. The molecule has 0 saturated carbocycles. The fourth-order valence-corrected chi connectivity index (χ4v) is 2.57. The SMILES string of the molecule is CCN(c1ccc(F)cc1)c1cc(Br)ccc1C(N)=S. The van der Waals surface area contributed by atoms with E-state index in [1.807, 2.05) is 30.0 Å². The van der Waals surface area contributed by atoms with Crippen LogP contribution in [0.15, 0.2) is 46.9 Å². The van der Waals surface area contributed by atoms with Crippen LogP contribution in [0.5, 0.6) is 0 Å². The van der Waals surface area contributed by atoms with Gasteiger partial charge in [-0.2, -0.15) is 0 Å². The monoisotopic (exact) mass is 352 g/mol. The molecule has 0 saturated heterocycles. The van der Waals surface area contributed by atoms with Crippen molar-refractivity contribution in [2.75, 3.05) is 11.4 Å². The third kappa shape index (κ3) is 3.16. The highest BCUT2D eigenvalue weighted by atomic mass is 79.9. The molecule has 5 heteroatoms. The first-order valence-corrected chi connectivity index (χ1v) is 7.35. The highest BCUT2D eigenvalue weighted by Gasteiger charge is 2.14. The maximum atomic E-state index is 13.1. The minimum absolute atomic E-state index is 0.256. The van der Waals surface area contributed by atoms with Gasteiger partial charge in [0, 0.05) is 22.3 Å². The molecule has 2 aromatic rings. The van der Waals surface area contributed by atoms with Gasteiger partial charge in [0.25, 0.3) is 0 Å². The summed E-state index contributed by atoms with van der Waals surface area (Å²) in [7, 11) is 0. The normalized spacial score (nSPS) is 10.3. The maximum Gasteiger partial charge on any atom is 0.123 e. The summed E-state index contributed by atoms with van der Waals surface area (Å²) in [6, 6.07) is 12.1. The molecule has 0 fully saturated rings. The van der Waals surface area contributed by atoms with Crippen molar-refractivity contribution >= 4 is 44.5 Å². The number of benzene rings is 2. The average molecular weight is 353 g/mol. The molecule has 0 atom stereocenters. The molecule has 0 aliphatic rings. The Balaban J connectivity index is 2.53. The summed E-state index contributed by atoms with van der Waals surface area (Å²) in [6.45, 7) is 2.74. The van der Waals surface area contributed by atoms with Gasteiger partial charge in [0.15, 0.2) is 0 Å². The molecule has 20 heavy (non-hydrogen) atoms. The molecule has 2 nitrogen and oxygen atoms in total. The second-order valence-electron chi connectivity index (χ2n) is 4.25. The second kappa shape index (κ2) is 6.33. The molecule has 0 spiro atoms. The van der Waals surface area contributed by atoms with Crippen molar-refractivity contribution in [1.29, 1.82) is 0 Å². The quantitative estimate of drug-likeness (QED) is 0.827. The van der Waals surface area contributed by atoms with Gasteiger partial charge in [-0.15, -0.1) is 0 Å². The molecule has 0 aromatic heterocycles. The van der Waals surface area contributed by atoms with E-state index in [1.54, 1.807) is 12.1 Å². The smallest absolute Gasteiger partial charge is 0.123 e. The van der Waals surface area contributed by atoms with Gasteiger partial charge in [-0.05, 0) is 49.4 Å². The van der Waals surface area contributed by atoms with Crippen LogP contribution < -0.4 is 10.6 Å². The summed E-state index contributed by atoms with van der Waals surface area (Å²) in [4.78, 5) is 2.38. The minimum atomic E-state index is -0.256. The van der Waals surface area contributed by atoms with E-state index in [9.17, 15) is 4.39 Å². The van der Waals surface area contributed by atoms with Crippen LogP contribution in [0.25, 0.3) is 0 Å².